The molecule has 1 aliphatic rings. The maximum atomic E-state index is 13.0. The van der Waals surface area contributed by atoms with Gasteiger partial charge in [-0.3, -0.25) is 4.79 Å². The summed E-state index contributed by atoms with van der Waals surface area (Å²) in [4.78, 5) is 12.3. The average molecular weight is 417 g/mol. The number of aromatic nitrogens is 2. The Kier molecular flexibility index (Phi) is 7.48. The standard InChI is InChI=1S/C19H23F3N4O.ClH/c1-13(14-3-2-9-23-12-14)11-18(27)25-15-4-6-16(7-5-15)26-17(8-10-24-26)19(20,21)22;/h4-8,10,13-14,23H,2-3,9,11-12H2,1H3,(H,25,27);1H. The molecule has 9 heteroatoms. The van der Waals surface area contributed by atoms with Crippen molar-refractivity contribution in [3.63, 3.8) is 0 Å². The van der Waals surface area contributed by atoms with Crippen molar-refractivity contribution in [2.75, 3.05) is 18.4 Å². The minimum atomic E-state index is -4.48. The number of amides is 1. The van der Waals surface area contributed by atoms with Crippen LogP contribution in [0.3, 0.4) is 0 Å². The van der Waals surface area contributed by atoms with Crippen LogP contribution in [0.4, 0.5) is 18.9 Å². The Balaban J connectivity index is 0.00000280. The van der Waals surface area contributed by atoms with Gasteiger partial charge in [0.15, 0.2) is 0 Å². The molecule has 154 valence electrons. The van der Waals surface area contributed by atoms with E-state index in [1.807, 2.05) is 0 Å². The van der Waals surface area contributed by atoms with Crippen molar-refractivity contribution in [2.24, 2.45) is 11.8 Å². The summed E-state index contributed by atoms with van der Waals surface area (Å²) in [5.74, 6) is 0.680. The summed E-state index contributed by atoms with van der Waals surface area (Å²) in [7, 11) is 0. The molecular weight excluding hydrogens is 393 g/mol. The Morgan fingerprint density at radius 3 is 2.64 bits per heavy atom. The van der Waals surface area contributed by atoms with E-state index in [0.717, 1.165) is 42.9 Å². The van der Waals surface area contributed by atoms with Crippen LogP contribution in [0.25, 0.3) is 5.69 Å². The van der Waals surface area contributed by atoms with Crippen molar-refractivity contribution in [1.29, 1.82) is 0 Å². The summed E-state index contributed by atoms with van der Waals surface area (Å²) in [5.41, 5.74) is -0.000363. The van der Waals surface area contributed by atoms with E-state index in [2.05, 4.69) is 22.7 Å². The van der Waals surface area contributed by atoms with Crippen LogP contribution in [-0.4, -0.2) is 28.8 Å². The molecule has 0 saturated carbocycles. The van der Waals surface area contributed by atoms with E-state index in [1.54, 1.807) is 12.1 Å². The number of piperidine rings is 1. The first kappa shape index (κ1) is 22.2. The zero-order valence-electron chi connectivity index (χ0n) is 15.5. The number of anilines is 1. The molecule has 1 aromatic heterocycles. The summed E-state index contributed by atoms with van der Waals surface area (Å²) in [6.07, 6.45) is -0.689. The highest BCUT2D eigenvalue weighted by Crippen LogP contribution is 2.30. The molecule has 0 radical (unpaired) electrons. The third-order valence-electron chi connectivity index (χ3n) is 4.98. The minimum absolute atomic E-state index is 0. The van der Waals surface area contributed by atoms with Gasteiger partial charge in [0, 0.05) is 12.1 Å². The lowest BCUT2D eigenvalue weighted by atomic mass is 9.85. The van der Waals surface area contributed by atoms with Crippen LogP contribution in [-0.2, 0) is 11.0 Å². The van der Waals surface area contributed by atoms with E-state index in [9.17, 15) is 18.0 Å². The van der Waals surface area contributed by atoms with Crippen LogP contribution in [0.15, 0.2) is 36.5 Å². The van der Waals surface area contributed by atoms with Gasteiger partial charge in [-0.15, -0.1) is 12.4 Å². The van der Waals surface area contributed by atoms with Crippen molar-refractivity contribution >= 4 is 24.0 Å². The Hall–Kier alpha value is -2.06. The molecule has 0 bridgehead atoms. The number of halogens is 4. The molecule has 1 aliphatic heterocycles. The van der Waals surface area contributed by atoms with Crippen molar-refractivity contribution in [3.05, 3.63) is 42.2 Å². The number of alkyl halides is 3. The van der Waals surface area contributed by atoms with E-state index in [-0.39, 0.29) is 29.9 Å². The average Bonchev–Trinajstić information content (AvgIpc) is 3.13. The quantitative estimate of drug-likeness (QED) is 0.765. The van der Waals surface area contributed by atoms with Gasteiger partial charge in [0.05, 0.1) is 11.9 Å². The predicted molar refractivity (Wildman–Crippen MR) is 104 cm³/mol. The highest BCUT2D eigenvalue weighted by atomic mass is 35.5. The number of hydrogen-bond donors (Lipinski definition) is 2. The predicted octanol–water partition coefficient (Wildman–Crippen LogP) is 4.28. The molecule has 2 unspecified atom stereocenters. The molecular formula is C19H24ClF3N4O. The number of hydrogen-bond acceptors (Lipinski definition) is 3. The van der Waals surface area contributed by atoms with E-state index < -0.39 is 11.9 Å². The summed E-state index contributed by atoms with van der Waals surface area (Å²) in [5, 5.41) is 9.91. The fourth-order valence-electron chi connectivity index (χ4n) is 3.45. The van der Waals surface area contributed by atoms with Crippen LogP contribution >= 0.6 is 12.4 Å². The fraction of sp³-hybridized carbons (Fsp3) is 0.474. The molecule has 1 amide bonds. The summed E-state index contributed by atoms with van der Waals surface area (Å²) < 4.78 is 39.8. The number of rotatable bonds is 5. The highest BCUT2D eigenvalue weighted by Gasteiger charge is 2.35. The van der Waals surface area contributed by atoms with Crippen molar-refractivity contribution < 1.29 is 18.0 Å². The van der Waals surface area contributed by atoms with Crippen molar-refractivity contribution in [1.82, 2.24) is 15.1 Å². The van der Waals surface area contributed by atoms with Gasteiger partial charge in [-0.2, -0.15) is 18.3 Å². The zero-order valence-corrected chi connectivity index (χ0v) is 16.3. The van der Waals surface area contributed by atoms with Crippen LogP contribution in [0, 0.1) is 11.8 Å². The highest BCUT2D eigenvalue weighted by molar-refractivity contribution is 5.90. The molecule has 5 nitrogen and oxygen atoms in total. The van der Waals surface area contributed by atoms with Crippen LogP contribution < -0.4 is 10.6 Å². The third-order valence-corrected chi connectivity index (χ3v) is 4.98. The molecule has 1 fully saturated rings. The van der Waals surface area contributed by atoms with Crippen LogP contribution in [0.5, 0.6) is 0 Å². The lowest BCUT2D eigenvalue weighted by Gasteiger charge is -2.28. The maximum absolute atomic E-state index is 13.0. The van der Waals surface area contributed by atoms with Crippen LogP contribution in [0.2, 0.25) is 0 Å². The van der Waals surface area contributed by atoms with Gasteiger partial charge in [-0.25, -0.2) is 4.68 Å². The first-order chi connectivity index (χ1) is 12.8. The summed E-state index contributed by atoms with van der Waals surface area (Å²) in [6.45, 7) is 4.05. The minimum Gasteiger partial charge on any atom is -0.326 e. The molecule has 2 heterocycles. The van der Waals surface area contributed by atoms with Gasteiger partial charge < -0.3 is 10.6 Å². The molecule has 2 N–H and O–H groups in total. The Labute approximate surface area is 168 Å². The van der Waals surface area contributed by atoms with Gasteiger partial charge in [-0.1, -0.05) is 6.92 Å². The van der Waals surface area contributed by atoms with E-state index in [0.29, 0.717) is 18.0 Å². The molecule has 0 aliphatic carbocycles. The smallest absolute Gasteiger partial charge is 0.326 e. The van der Waals surface area contributed by atoms with Crippen LogP contribution in [0.1, 0.15) is 31.9 Å². The zero-order chi connectivity index (χ0) is 19.4. The molecule has 2 atom stereocenters. The number of nitrogens with zero attached hydrogens (tertiary/aromatic N) is 2. The molecule has 1 saturated heterocycles. The van der Waals surface area contributed by atoms with Crippen molar-refractivity contribution in [3.8, 4) is 5.69 Å². The second kappa shape index (κ2) is 9.43. The third kappa shape index (κ3) is 5.48. The van der Waals surface area contributed by atoms with Gasteiger partial charge in [0.25, 0.3) is 0 Å². The Morgan fingerprint density at radius 1 is 1.32 bits per heavy atom. The fourth-order valence-corrected chi connectivity index (χ4v) is 3.45. The number of nitrogens with one attached hydrogen (secondary N) is 2. The molecule has 2 aromatic rings. The second-order valence-electron chi connectivity index (χ2n) is 7.01. The van der Waals surface area contributed by atoms with Crippen molar-refractivity contribution in [2.45, 2.75) is 32.4 Å². The largest absolute Gasteiger partial charge is 0.433 e. The van der Waals surface area contributed by atoms with Gasteiger partial charge in [0.2, 0.25) is 5.91 Å². The number of benzene rings is 1. The van der Waals surface area contributed by atoms with E-state index in [4.69, 9.17) is 0 Å². The monoisotopic (exact) mass is 416 g/mol. The molecule has 3 rings (SSSR count). The topological polar surface area (TPSA) is 59.0 Å². The Morgan fingerprint density at radius 2 is 2.04 bits per heavy atom. The summed E-state index contributed by atoms with van der Waals surface area (Å²) >= 11 is 0. The second-order valence-corrected chi connectivity index (χ2v) is 7.01. The van der Waals surface area contributed by atoms with E-state index >= 15 is 0 Å². The number of carbonyl (C=O) groups excluding carboxylic acids is 1. The molecule has 28 heavy (non-hydrogen) atoms. The number of carbonyl (C=O) groups is 1. The van der Waals surface area contributed by atoms with Gasteiger partial charge in [0.1, 0.15) is 5.69 Å². The lowest BCUT2D eigenvalue weighted by Crippen LogP contribution is -2.34. The van der Waals surface area contributed by atoms with Gasteiger partial charge >= 0.3 is 6.18 Å². The van der Waals surface area contributed by atoms with Gasteiger partial charge in [-0.05, 0) is 68.1 Å². The summed E-state index contributed by atoms with van der Waals surface area (Å²) in [6, 6.07) is 7.11. The SMILES string of the molecule is CC(CC(=O)Nc1ccc(-n2nccc2C(F)(F)F)cc1)C1CCCNC1.Cl. The molecule has 0 spiro atoms. The van der Waals surface area contributed by atoms with E-state index in [1.165, 1.54) is 12.1 Å². The molecule has 1 aromatic carbocycles. The first-order valence-corrected chi connectivity index (χ1v) is 9.07. The maximum Gasteiger partial charge on any atom is 0.433 e. The lowest BCUT2D eigenvalue weighted by molar-refractivity contribution is -0.142. The normalized spacial score (nSPS) is 18.2. The Bertz CT molecular complexity index is 770. The first-order valence-electron chi connectivity index (χ1n) is 9.07.